The molecule has 1 aliphatic rings. The molecule has 1 nitrogen and oxygen atoms in total. The zero-order valence-corrected chi connectivity index (χ0v) is 8.05. The van der Waals surface area contributed by atoms with E-state index in [4.69, 9.17) is 0 Å². The van der Waals surface area contributed by atoms with Crippen molar-refractivity contribution >= 4 is 0 Å². The maximum Gasteiger partial charge on any atom is 0.0490 e. The summed E-state index contributed by atoms with van der Waals surface area (Å²) in [6.07, 6.45) is 11.8. The summed E-state index contributed by atoms with van der Waals surface area (Å²) >= 11 is 0. The van der Waals surface area contributed by atoms with Gasteiger partial charge in [0.15, 0.2) is 0 Å². The van der Waals surface area contributed by atoms with Crippen LogP contribution < -0.4 is 0 Å². The molecule has 0 aromatic carbocycles. The van der Waals surface area contributed by atoms with Crippen LogP contribution in [0.1, 0.15) is 45.4 Å². The van der Waals surface area contributed by atoms with Gasteiger partial charge in [-0.25, -0.2) is 0 Å². The molecule has 0 aliphatic heterocycles. The van der Waals surface area contributed by atoms with Crippen molar-refractivity contribution in [1.82, 2.24) is 0 Å². The zero-order chi connectivity index (χ0) is 8.86. The summed E-state index contributed by atoms with van der Waals surface area (Å²) in [4.78, 5) is 0. The van der Waals surface area contributed by atoms with Gasteiger partial charge in [-0.15, -0.1) is 0 Å². The summed E-state index contributed by atoms with van der Waals surface area (Å²) in [5.74, 6) is 0. The SMILES string of the molecule is C/C=C/CC1(CO)CCCCC1. The van der Waals surface area contributed by atoms with E-state index in [1.54, 1.807) is 0 Å². The van der Waals surface area contributed by atoms with Crippen LogP contribution in [-0.4, -0.2) is 11.7 Å². The third-order valence-corrected chi connectivity index (χ3v) is 3.04. The smallest absolute Gasteiger partial charge is 0.0490 e. The van der Waals surface area contributed by atoms with Crippen LogP contribution in [0.4, 0.5) is 0 Å². The first-order valence-corrected chi connectivity index (χ1v) is 5.05. The molecule has 1 fully saturated rings. The van der Waals surface area contributed by atoms with Gasteiger partial charge in [0.1, 0.15) is 0 Å². The molecule has 1 aliphatic carbocycles. The minimum atomic E-state index is 0.241. The molecule has 1 N–H and O–H groups in total. The van der Waals surface area contributed by atoms with Crippen LogP contribution in [0.5, 0.6) is 0 Å². The lowest BCUT2D eigenvalue weighted by Crippen LogP contribution is -2.27. The Morgan fingerprint density at radius 2 is 1.92 bits per heavy atom. The van der Waals surface area contributed by atoms with E-state index >= 15 is 0 Å². The third-order valence-electron chi connectivity index (χ3n) is 3.04. The average molecular weight is 168 g/mol. The van der Waals surface area contributed by atoms with Gasteiger partial charge in [0.05, 0.1) is 0 Å². The van der Waals surface area contributed by atoms with Gasteiger partial charge in [0.2, 0.25) is 0 Å². The van der Waals surface area contributed by atoms with Gasteiger partial charge in [0, 0.05) is 6.61 Å². The van der Waals surface area contributed by atoms with E-state index in [0.717, 1.165) is 6.42 Å². The molecule has 0 radical (unpaired) electrons. The predicted octanol–water partition coefficient (Wildman–Crippen LogP) is 2.90. The fourth-order valence-electron chi connectivity index (χ4n) is 2.10. The quantitative estimate of drug-likeness (QED) is 0.642. The second kappa shape index (κ2) is 4.66. The highest BCUT2D eigenvalue weighted by molar-refractivity contribution is 4.91. The van der Waals surface area contributed by atoms with E-state index in [-0.39, 0.29) is 5.41 Å². The maximum atomic E-state index is 9.33. The number of hydrogen-bond acceptors (Lipinski definition) is 1. The van der Waals surface area contributed by atoms with Gasteiger partial charge in [-0.2, -0.15) is 0 Å². The first kappa shape index (κ1) is 9.79. The molecule has 1 rings (SSSR count). The highest BCUT2D eigenvalue weighted by Crippen LogP contribution is 2.38. The summed E-state index contributed by atoms with van der Waals surface area (Å²) in [7, 11) is 0. The lowest BCUT2D eigenvalue weighted by molar-refractivity contribution is 0.0849. The lowest BCUT2D eigenvalue weighted by Gasteiger charge is -2.34. The molecule has 70 valence electrons. The summed E-state index contributed by atoms with van der Waals surface area (Å²) in [5.41, 5.74) is 0.241. The van der Waals surface area contributed by atoms with E-state index in [0.29, 0.717) is 6.61 Å². The molecule has 0 amide bonds. The van der Waals surface area contributed by atoms with Gasteiger partial charge in [-0.3, -0.25) is 0 Å². The Bertz CT molecular complexity index is 143. The topological polar surface area (TPSA) is 20.2 Å². The van der Waals surface area contributed by atoms with Crippen molar-refractivity contribution < 1.29 is 5.11 Å². The van der Waals surface area contributed by atoms with Crippen LogP contribution in [0.15, 0.2) is 12.2 Å². The summed E-state index contributed by atoms with van der Waals surface area (Å²) in [5, 5.41) is 9.33. The average Bonchev–Trinajstić information content (AvgIpc) is 2.16. The predicted molar refractivity (Wildman–Crippen MR) is 52.0 cm³/mol. The zero-order valence-electron chi connectivity index (χ0n) is 8.05. The molecule has 0 saturated heterocycles. The van der Waals surface area contributed by atoms with Crippen LogP contribution >= 0.6 is 0 Å². The fourth-order valence-corrected chi connectivity index (χ4v) is 2.10. The molecule has 0 bridgehead atoms. The first-order valence-electron chi connectivity index (χ1n) is 5.05. The van der Waals surface area contributed by atoms with Gasteiger partial charge in [-0.1, -0.05) is 31.4 Å². The first-order chi connectivity index (χ1) is 5.83. The van der Waals surface area contributed by atoms with Crippen LogP contribution in [0, 0.1) is 5.41 Å². The molecule has 1 heteroatoms. The van der Waals surface area contributed by atoms with Crippen molar-refractivity contribution in [2.75, 3.05) is 6.61 Å². The summed E-state index contributed by atoms with van der Waals surface area (Å²) < 4.78 is 0. The molecule has 0 aromatic rings. The summed E-state index contributed by atoms with van der Waals surface area (Å²) in [6.45, 7) is 2.42. The van der Waals surface area contributed by atoms with E-state index < -0.39 is 0 Å². The Labute approximate surface area is 75.5 Å². The minimum absolute atomic E-state index is 0.241. The van der Waals surface area contributed by atoms with Crippen LogP contribution in [0.25, 0.3) is 0 Å². The van der Waals surface area contributed by atoms with Crippen LogP contribution in [-0.2, 0) is 0 Å². The van der Waals surface area contributed by atoms with Crippen molar-refractivity contribution in [3.05, 3.63) is 12.2 Å². The Morgan fingerprint density at radius 1 is 1.25 bits per heavy atom. The Kier molecular flexibility index (Phi) is 3.80. The number of allylic oxidation sites excluding steroid dienone is 2. The van der Waals surface area contributed by atoms with Crippen molar-refractivity contribution in [2.45, 2.75) is 45.4 Å². The largest absolute Gasteiger partial charge is 0.396 e. The maximum absolute atomic E-state index is 9.33. The van der Waals surface area contributed by atoms with E-state index in [1.165, 1.54) is 32.1 Å². The van der Waals surface area contributed by atoms with E-state index in [9.17, 15) is 5.11 Å². The molecule has 0 spiro atoms. The van der Waals surface area contributed by atoms with Gasteiger partial charge < -0.3 is 5.11 Å². The van der Waals surface area contributed by atoms with Gasteiger partial charge in [-0.05, 0) is 31.6 Å². The molecule has 0 unspecified atom stereocenters. The standard InChI is InChI=1S/C11H20O/c1-2-3-7-11(10-12)8-5-4-6-9-11/h2-3,12H,4-10H2,1H3/b3-2+. The van der Waals surface area contributed by atoms with Crippen LogP contribution in [0.3, 0.4) is 0 Å². The van der Waals surface area contributed by atoms with Gasteiger partial charge in [0.25, 0.3) is 0 Å². The Balaban J connectivity index is 2.47. The normalized spacial score (nSPS) is 23.2. The summed E-state index contributed by atoms with van der Waals surface area (Å²) in [6, 6.07) is 0. The number of aliphatic hydroxyl groups is 1. The van der Waals surface area contributed by atoms with Crippen molar-refractivity contribution in [2.24, 2.45) is 5.41 Å². The number of hydrogen-bond donors (Lipinski definition) is 1. The van der Waals surface area contributed by atoms with Crippen molar-refractivity contribution in [3.8, 4) is 0 Å². The second-order valence-corrected chi connectivity index (χ2v) is 3.99. The number of aliphatic hydroxyl groups excluding tert-OH is 1. The molecule has 0 atom stereocenters. The third kappa shape index (κ3) is 2.34. The van der Waals surface area contributed by atoms with Crippen molar-refractivity contribution in [1.29, 1.82) is 0 Å². The highest BCUT2D eigenvalue weighted by atomic mass is 16.3. The second-order valence-electron chi connectivity index (χ2n) is 3.99. The fraction of sp³-hybridized carbons (Fsp3) is 0.818. The highest BCUT2D eigenvalue weighted by Gasteiger charge is 2.29. The minimum Gasteiger partial charge on any atom is -0.396 e. The monoisotopic (exact) mass is 168 g/mol. The van der Waals surface area contributed by atoms with E-state index in [2.05, 4.69) is 12.2 Å². The molecular weight excluding hydrogens is 148 g/mol. The Hall–Kier alpha value is -0.300. The Morgan fingerprint density at radius 3 is 2.42 bits per heavy atom. The van der Waals surface area contributed by atoms with E-state index in [1.807, 2.05) is 6.92 Å². The lowest BCUT2D eigenvalue weighted by atomic mass is 9.72. The molecular formula is C11H20O. The molecule has 0 aromatic heterocycles. The molecule has 12 heavy (non-hydrogen) atoms. The van der Waals surface area contributed by atoms with Crippen molar-refractivity contribution in [3.63, 3.8) is 0 Å². The number of rotatable bonds is 3. The molecule has 1 saturated carbocycles. The van der Waals surface area contributed by atoms with Crippen LogP contribution in [0.2, 0.25) is 0 Å². The van der Waals surface area contributed by atoms with Gasteiger partial charge >= 0.3 is 0 Å². The molecule has 0 heterocycles.